The molecule has 0 heterocycles. The van der Waals surface area contributed by atoms with Crippen molar-refractivity contribution in [2.24, 2.45) is 0 Å². The number of benzene rings is 2. The molecule has 2 aromatic rings. The van der Waals surface area contributed by atoms with Gasteiger partial charge in [0, 0.05) is 0 Å². The standard InChI is InChI=1S/C13H10F2O5S.Na/c14-13(15,21(17,18)19)8-20-12(16)11-6-5-9-3-1-2-4-10(9)7-11;/h1-7H,8H2,(H,17,18,19);/q;+1/p-1. The number of ether oxygens (including phenoxy) is 1. The summed E-state index contributed by atoms with van der Waals surface area (Å²) in [4.78, 5) is 11.6. The first-order chi connectivity index (χ1) is 9.71. The van der Waals surface area contributed by atoms with Crippen LogP contribution in [0.5, 0.6) is 0 Å². The zero-order valence-electron chi connectivity index (χ0n) is 11.5. The number of halogens is 2. The van der Waals surface area contributed by atoms with E-state index in [0.717, 1.165) is 5.39 Å². The van der Waals surface area contributed by atoms with E-state index in [0.29, 0.717) is 5.39 Å². The molecular weight excluding hydrogens is 329 g/mol. The summed E-state index contributed by atoms with van der Waals surface area (Å²) in [5.74, 6) is -1.14. The summed E-state index contributed by atoms with van der Waals surface area (Å²) in [6, 6.07) is 11.4. The number of esters is 1. The van der Waals surface area contributed by atoms with Gasteiger partial charge in [0.25, 0.3) is 0 Å². The van der Waals surface area contributed by atoms with Gasteiger partial charge in [-0.25, -0.2) is 13.2 Å². The molecular formula is C13H9F2NaO5S. The molecule has 22 heavy (non-hydrogen) atoms. The molecule has 0 spiro atoms. The molecule has 0 fully saturated rings. The van der Waals surface area contributed by atoms with Crippen molar-refractivity contribution in [3.05, 3.63) is 48.0 Å². The summed E-state index contributed by atoms with van der Waals surface area (Å²) in [6.45, 7) is -1.81. The maximum atomic E-state index is 12.9. The van der Waals surface area contributed by atoms with E-state index < -0.39 is 27.9 Å². The number of hydrogen-bond acceptors (Lipinski definition) is 5. The van der Waals surface area contributed by atoms with Crippen LogP contribution in [-0.2, 0) is 14.9 Å². The molecule has 0 saturated heterocycles. The van der Waals surface area contributed by atoms with Gasteiger partial charge >= 0.3 is 40.8 Å². The largest absolute Gasteiger partial charge is 1.00 e. The van der Waals surface area contributed by atoms with Crippen molar-refractivity contribution in [3.8, 4) is 0 Å². The average Bonchev–Trinajstić information content (AvgIpc) is 2.43. The van der Waals surface area contributed by atoms with Crippen LogP contribution in [-0.4, -0.2) is 30.8 Å². The van der Waals surface area contributed by atoms with Crippen molar-refractivity contribution >= 4 is 26.9 Å². The van der Waals surface area contributed by atoms with Crippen LogP contribution in [0.15, 0.2) is 42.5 Å². The van der Waals surface area contributed by atoms with Crippen molar-refractivity contribution in [2.45, 2.75) is 5.25 Å². The summed E-state index contributed by atoms with van der Waals surface area (Å²) in [7, 11) is -5.88. The van der Waals surface area contributed by atoms with Gasteiger partial charge in [0.05, 0.1) is 5.56 Å². The van der Waals surface area contributed by atoms with Crippen LogP contribution >= 0.6 is 0 Å². The zero-order chi connectivity index (χ0) is 15.7. The van der Waals surface area contributed by atoms with Crippen LogP contribution < -0.4 is 29.6 Å². The maximum absolute atomic E-state index is 12.9. The molecule has 0 unspecified atom stereocenters. The molecule has 0 aliphatic carbocycles. The van der Waals surface area contributed by atoms with E-state index in [1.807, 2.05) is 0 Å². The quantitative estimate of drug-likeness (QED) is 0.411. The topological polar surface area (TPSA) is 83.5 Å². The molecule has 0 N–H and O–H groups in total. The molecule has 0 amide bonds. The summed E-state index contributed by atoms with van der Waals surface area (Å²) >= 11 is 0. The third kappa shape index (κ3) is 4.23. The Balaban J connectivity index is 0.00000242. The first kappa shape index (κ1) is 19.0. The molecule has 0 atom stereocenters. The van der Waals surface area contributed by atoms with E-state index in [1.54, 1.807) is 30.3 Å². The molecule has 2 aromatic carbocycles. The fraction of sp³-hybridized carbons (Fsp3) is 0.154. The van der Waals surface area contributed by atoms with E-state index in [4.69, 9.17) is 0 Å². The number of hydrogen-bond donors (Lipinski definition) is 0. The molecule has 0 bridgehead atoms. The Morgan fingerprint density at radius 3 is 2.32 bits per heavy atom. The van der Waals surface area contributed by atoms with Gasteiger partial charge in [-0.2, -0.15) is 8.78 Å². The molecule has 0 radical (unpaired) electrons. The van der Waals surface area contributed by atoms with Crippen LogP contribution in [0, 0.1) is 0 Å². The Bertz CT molecular complexity index is 792. The Labute approximate surface area is 147 Å². The second-order valence-electron chi connectivity index (χ2n) is 4.23. The van der Waals surface area contributed by atoms with E-state index in [2.05, 4.69) is 4.74 Å². The number of fused-ring (bicyclic) bond motifs is 1. The van der Waals surface area contributed by atoms with Gasteiger partial charge in [-0.1, -0.05) is 30.3 Å². The Morgan fingerprint density at radius 2 is 1.73 bits per heavy atom. The minimum atomic E-state index is -5.88. The van der Waals surface area contributed by atoms with Gasteiger partial charge in [0.2, 0.25) is 0 Å². The summed E-state index contributed by atoms with van der Waals surface area (Å²) in [5.41, 5.74) is -0.0206. The number of alkyl halides is 2. The molecule has 5 nitrogen and oxygen atoms in total. The minimum Gasteiger partial charge on any atom is -0.743 e. The third-order valence-electron chi connectivity index (χ3n) is 2.72. The normalized spacial score (nSPS) is 11.8. The Morgan fingerprint density at radius 1 is 1.14 bits per heavy atom. The van der Waals surface area contributed by atoms with Crippen molar-refractivity contribution in [3.63, 3.8) is 0 Å². The molecule has 2 rings (SSSR count). The predicted octanol–water partition coefficient (Wildman–Crippen LogP) is -0.861. The number of rotatable bonds is 4. The number of carbonyl (C=O) groups excluding carboxylic acids is 1. The SMILES string of the molecule is O=C(OCC(F)(F)S(=O)(=O)[O-])c1ccc2ccccc2c1.[Na+]. The summed E-state index contributed by atoms with van der Waals surface area (Å²) in [5, 5.41) is -3.13. The smallest absolute Gasteiger partial charge is 0.743 e. The van der Waals surface area contributed by atoms with Crippen LogP contribution in [0.25, 0.3) is 10.8 Å². The fourth-order valence-corrected chi connectivity index (χ4v) is 1.82. The predicted molar refractivity (Wildman–Crippen MR) is 68.9 cm³/mol. The second-order valence-corrected chi connectivity index (χ2v) is 5.74. The van der Waals surface area contributed by atoms with E-state index in [1.165, 1.54) is 12.1 Å². The molecule has 0 aliphatic rings. The van der Waals surface area contributed by atoms with Crippen molar-refractivity contribution in [2.75, 3.05) is 6.61 Å². The first-order valence-electron chi connectivity index (χ1n) is 5.70. The van der Waals surface area contributed by atoms with E-state index in [-0.39, 0.29) is 35.1 Å². The van der Waals surface area contributed by atoms with Gasteiger partial charge < -0.3 is 9.29 Å². The second kappa shape index (κ2) is 7.01. The minimum absolute atomic E-state index is 0. The molecule has 0 aromatic heterocycles. The summed E-state index contributed by atoms with van der Waals surface area (Å²) < 4.78 is 60.8. The van der Waals surface area contributed by atoms with Crippen LogP contribution in [0.3, 0.4) is 0 Å². The van der Waals surface area contributed by atoms with Crippen LogP contribution in [0.2, 0.25) is 0 Å². The molecule has 0 saturated carbocycles. The molecule has 0 aliphatic heterocycles. The Kier molecular flexibility index (Phi) is 6.05. The van der Waals surface area contributed by atoms with Crippen molar-refractivity contribution in [1.29, 1.82) is 0 Å². The fourth-order valence-electron chi connectivity index (χ4n) is 1.62. The van der Waals surface area contributed by atoms with Crippen LogP contribution in [0.1, 0.15) is 10.4 Å². The van der Waals surface area contributed by atoms with Gasteiger partial charge in [-0.3, -0.25) is 0 Å². The van der Waals surface area contributed by atoms with Crippen molar-refractivity contribution < 1.29 is 60.8 Å². The van der Waals surface area contributed by atoms with Gasteiger partial charge in [-0.05, 0) is 22.9 Å². The molecule has 112 valence electrons. The van der Waals surface area contributed by atoms with E-state index >= 15 is 0 Å². The summed E-state index contributed by atoms with van der Waals surface area (Å²) in [6.07, 6.45) is 0. The maximum Gasteiger partial charge on any atom is 1.00 e. The molecule has 9 heteroatoms. The first-order valence-corrected chi connectivity index (χ1v) is 7.11. The van der Waals surface area contributed by atoms with Gasteiger partial charge in [-0.15, -0.1) is 0 Å². The monoisotopic (exact) mass is 338 g/mol. The number of carbonyl (C=O) groups is 1. The average molecular weight is 338 g/mol. The third-order valence-corrected chi connectivity index (χ3v) is 3.57. The van der Waals surface area contributed by atoms with Crippen LogP contribution in [0.4, 0.5) is 8.78 Å². The van der Waals surface area contributed by atoms with Gasteiger partial charge in [0.1, 0.15) is 0 Å². The van der Waals surface area contributed by atoms with Crippen molar-refractivity contribution in [1.82, 2.24) is 0 Å². The van der Waals surface area contributed by atoms with E-state index in [9.17, 15) is 26.5 Å². The van der Waals surface area contributed by atoms with Gasteiger partial charge in [0.15, 0.2) is 16.7 Å². The zero-order valence-corrected chi connectivity index (χ0v) is 14.3. The Hall–Kier alpha value is -1.06.